The molecule has 0 N–H and O–H groups in total. The van der Waals surface area contributed by atoms with Gasteiger partial charge in [0, 0.05) is 23.9 Å². The first-order valence-corrected chi connectivity index (χ1v) is 32.7. The summed E-state index contributed by atoms with van der Waals surface area (Å²) in [5, 5.41) is 43.0. The fraction of sp³-hybridized carbons (Fsp3) is 0.875. The van der Waals surface area contributed by atoms with Crippen LogP contribution in [0.3, 0.4) is 0 Å². The quantitative estimate of drug-likeness (QED) is 0.0330. The van der Waals surface area contributed by atoms with Crippen LogP contribution in [0.15, 0.2) is 0 Å². The van der Waals surface area contributed by atoms with Crippen molar-refractivity contribution < 1.29 is 142 Å². The van der Waals surface area contributed by atoms with Gasteiger partial charge in [-0.05, 0) is 77.0 Å². The van der Waals surface area contributed by atoms with Crippen molar-refractivity contribution in [3.05, 3.63) is 0 Å². The molecule has 0 aromatic heterocycles. The van der Waals surface area contributed by atoms with Gasteiger partial charge in [0.2, 0.25) is 23.1 Å². The monoisotopic (exact) mass is 1360 g/mol. The minimum absolute atomic E-state index is 0. The Morgan fingerprint density at radius 1 is 0.213 bits per heavy atom. The summed E-state index contributed by atoms with van der Waals surface area (Å²) < 4.78 is 66.5. The van der Waals surface area contributed by atoms with Crippen LogP contribution in [0.4, 0.5) is 0 Å². The van der Waals surface area contributed by atoms with E-state index in [4.69, 9.17) is 56.8 Å². The molecule has 25 heteroatoms. The Bertz CT molecular complexity index is 1410. The number of hydrogen-bond donors (Lipinski definition) is 0. The van der Waals surface area contributed by atoms with E-state index in [0.717, 1.165) is 154 Å². The molecule has 0 unspecified atom stereocenters. The second kappa shape index (κ2) is 63.7. The first kappa shape index (κ1) is 94.7. The maximum Gasteiger partial charge on any atom is 4.00 e. The Morgan fingerprint density at radius 3 is 0.371 bits per heavy atom. The van der Waals surface area contributed by atoms with E-state index >= 15 is 0 Å². The molecule has 89 heavy (non-hydrogen) atoms. The molecule has 0 amide bonds. The van der Waals surface area contributed by atoms with Gasteiger partial charge < -0.3 is 96.4 Å². The Balaban J connectivity index is -0.000000351. The number of carboxylic acid groups (broad SMARTS) is 4. The molecule has 0 radical (unpaired) electrons. The molecule has 0 saturated carbocycles. The average molecular weight is 1360 g/mol. The average Bonchev–Trinajstić information content (AvgIpc) is 3.62. The van der Waals surface area contributed by atoms with E-state index in [2.05, 4.69) is 0 Å². The molecule has 0 atom stereocenters. The number of unbranched alkanes of at least 4 members (excludes halogenated alkanes) is 12. The summed E-state index contributed by atoms with van der Waals surface area (Å²) in [6.07, 6.45) is 16.2. The Morgan fingerprint density at radius 2 is 0.303 bits per heavy atom. The number of aliphatic carboxylic acids is 4. The van der Waals surface area contributed by atoms with Gasteiger partial charge in [-0.1, -0.05) is 160 Å². The molecular weight excluding hydrogens is 1240 g/mol. The van der Waals surface area contributed by atoms with Gasteiger partial charge in [-0.15, -0.1) is 0 Å². The van der Waals surface area contributed by atoms with Crippen LogP contribution >= 0.6 is 0 Å². The van der Waals surface area contributed by atoms with Crippen molar-refractivity contribution in [2.75, 3.05) is 79.3 Å². The first-order valence-electron chi connectivity index (χ1n) is 32.7. The van der Waals surface area contributed by atoms with E-state index in [-0.39, 0.29) is 105 Å². The van der Waals surface area contributed by atoms with E-state index in [1.165, 1.54) is 0 Å². The number of hydrogen-bond acceptors (Lipinski definition) is 24. The summed E-state index contributed by atoms with van der Waals surface area (Å²) in [4.78, 5) is 92.0. The standard InChI is InChI=1S/4C16H30O6.Zr/c4*1-4-7-10-20-16(21-11-8-5-2,22-12-9-6-3)14(17)13-15(18)19;/h4*4-13H2,1-3H3,(H,18,19);/q;;;;+4/p-4. The number of carbonyl (C=O) groups excluding carboxylic acids is 8. The molecule has 0 bridgehead atoms. The first-order chi connectivity index (χ1) is 42.1. The second-order valence-corrected chi connectivity index (χ2v) is 20.5. The molecule has 0 heterocycles. The zero-order chi connectivity index (χ0) is 67.4. The minimum Gasteiger partial charge on any atom is -0.550 e. The number of carboxylic acids is 4. The SMILES string of the molecule is CCCCOC(OCCCC)(OCCCC)C(=O)CC(=O)[O-].CCCCOC(OCCCC)(OCCCC)C(=O)CC(=O)[O-].CCCCOC(OCCCC)(OCCCC)C(=O)CC(=O)[O-].CCCCOC(OCCCC)(OCCCC)C(=O)CC(=O)[O-].[Zr+4]. The van der Waals surface area contributed by atoms with Crippen molar-refractivity contribution in [2.24, 2.45) is 0 Å². The van der Waals surface area contributed by atoms with Gasteiger partial charge in [0.1, 0.15) is 0 Å². The van der Waals surface area contributed by atoms with E-state index in [1.54, 1.807) is 0 Å². The molecule has 24 nitrogen and oxygen atoms in total. The van der Waals surface area contributed by atoms with Crippen molar-refractivity contribution >= 4 is 47.0 Å². The number of ketones is 4. The molecule has 0 aliphatic carbocycles. The third kappa shape index (κ3) is 49.3. The largest absolute Gasteiger partial charge is 4.00 e. The molecule has 0 aromatic rings. The molecule has 0 rings (SSSR count). The van der Waals surface area contributed by atoms with Crippen molar-refractivity contribution in [1.82, 2.24) is 0 Å². The van der Waals surface area contributed by atoms with Crippen molar-refractivity contribution in [3.63, 3.8) is 0 Å². The summed E-state index contributed by atoms with van der Waals surface area (Å²) in [5.41, 5.74) is 0. The third-order valence-corrected chi connectivity index (χ3v) is 12.1. The number of ether oxygens (including phenoxy) is 12. The smallest absolute Gasteiger partial charge is 0.550 e. The van der Waals surface area contributed by atoms with Gasteiger partial charge in [-0.3, -0.25) is 19.2 Å². The molecule has 0 aromatic carbocycles. The van der Waals surface area contributed by atoms with Crippen LogP contribution in [0.5, 0.6) is 0 Å². The summed E-state index contributed by atoms with van der Waals surface area (Å²) in [6, 6.07) is 0. The van der Waals surface area contributed by atoms with Crippen LogP contribution in [0.1, 0.15) is 263 Å². The zero-order valence-electron chi connectivity index (χ0n) is 56.6. The van der Waals surface area contributed by atoms with Gasteiger partial charge in [0.15, 0.2) is 0 Å². The molecular formula is C64H116O24Zr. The maximum absolute atomic E-state index is 12.3. The molecule has 0 spiro atoms. The molecule has 0 aliphatic heterocycles. The molecule has 0 saturated heterocycles. The Kier molecular flexibility index (Phi) is 67.8. The van der Waals surface area contributed by atoms with Crippen LogP contribution < -0.4 is 20.4 Å². The van der Waals surface area contributed by atoms with E-state index < -0.39 is 96.6 Å². The topological polar surface area (TPSA) is 340 Å². The van der Waals surface area contributed by atoms with Gasteiger partial charge in [0.25, 0.3) is 0 Å². The molecule has 0 fully saturated rings. The number of carbonyl (C=O) groups is 8. The summed E-state index contributed by atoms with van der Waals surface area (Å²) in [7, 11) is 0. The number of Topliss-reactive ketones (excluding diaryl/α,β-unsaturated/α-hetero) is 4. The van der Waals surface area contributed by atoms with E-state index in [0.29, 0.717) is 0 Å². The van der Waals surface area contributed by atoms with Gasteiger partial charge in [-0.2, -0.15) is 0 Å². The minimum atomic E-state index is -1.92. The predicted octanol–water partition coefficient (Wildman–Crippen LogP) is 7.20. The fourth-order valence-electron chi connectivity index (χ4n) is 6.63. The van der Waals surface area contributed by atoms with Gasteiger partial charge in [0.05, 0.1) is 105 Å². The normalized spacial score (nSPS) is 11.5. The summed E-state index contributed by atoms with van der Waals surface area (Å²) in [6.45, 7) is 27.1. The van der Waals surface area contributed by atoms with Crippen LogP contribution in [0, 0.1) is 0 Å². The van der Waals surface area contributed by atoms with Crippen molar-refractivity contribution in [1.29, 1.82) is 0 Å². The second-order valence-electron chi connectivity index (χ2n) is 20.5. The van der Waals surface area contributed by atoms with Gasteiger partial charge in [-0.25, -0.2) is 0 Å². The van der Waals surface area contributed by atoms with Crippen molar-refractivity contribution in [2.45, 2.75) is 287 Å². The fourth-order valence-corrected chi connectivity index (χ4v) is 6.63. The maximum atomic E-state index is 12.3. The predicted molar refractivity (Wildman–Crippen MR) is 320 cm³/mol. The summed E-state index contributed by atoms with van der Waals surface area (Å²) >= 11 is 0. The molecule has 520 valence electrons. The molecule has 0 aliphatic rings. The van der Waals surface area contributed by atoms with Crippen LogP contribution in [-0.2, 0) is 121 Å². The zero-order valence-corrected chi connectivity index (χ0v) is 59.0. The van der Waals surface area contributed by atoms with E-state index in [1.807, 2.05) is 83.1 Å². The Hall–Kier alpha value is -3.04. The van der Waals surface area contributed by atoms with Crippen LogP contribution in [0.25, 0.3) is 0 Å². The number of rotatable bonds is 60. The Labute approximate surface area is 552 Å². The van der Waals surface area contributed by atoms with Crippen LogP contribution in [-0.4, -0.2) is 150 Å². The van der Waals surface area contributed by atoms with Crippen LogP contribution in [0.2, 0.25) is 0 Å². The van der Waals surface area contributed by atoms with E-state index in [9.17, 15) is 58.8 Å². The van der Waals surface area contributed by atoms with Crippen molar-refractivity contribution in [3.8, 4) is 0 Å². The summed E-state index contributed by atoms with van der Waals surface area (Å²) in [5.74, 6) is -16.5. The third-order valence-electron chi connectivity index (χ3n) is 12.1. The van der Waals surface area contributed by atoms with Gasteiger partial charge >= 0.3 is 50.1 Å².